The van der Waals surface area contributed by atoms with Gasteiger partial charge in [0.25, 0.3) is 5.91 Å². The second-order valence-electron chi connectivity index (χ2n) is 6.33. The molecule has 0 bridgehead atoms. The maximum atomic E-state index is 13.0. The molecule has 0 saturated heterocycles. The van der Waals surface area contributed by atoms with Gasteiger partial charge in [-0.25, -0.2) is 0 Å². The van der Waals surface area contributed by atoms with E-state index in [1.165, 1.54) is 0 Å². The number of ether oxygens (including phenoxy) is 1. The van der Waals surface area contributed by atoms with Gasteiger partial charge in [-0.1, -0.05) is 18.2 Å². The van der Waals surface area contributed by atoms with Crippen LogP contribution < -0.4 is 10.1 Å². The van der Waals surface area contributed by atoms with Gasteiger partial charge in [0.15, 0.2) is 0 Å². The average Bonchev–Trinajstić information content (AvgIpc) is 3.01. The molecule has 0 radical (unpaired) electrons. The van der Waals surface area contributed by atoms with E-state index in [1.807, 2.05) is 61.7 Å². The normalized spacial score (nSPS) is 14.0. The van der Waals surface area contributed by atoms with Crippen LogP contribution in [0.4, 0.5) is 5.69 Å². The number of anilines is 1. The monoisotopic (exact) mass is 384 g/mol. The van der Waals surface area contributed by atoms with Gasteiger partial charge in [-0.2, -0.15) is 11.8 Å². The number of nitrogens with zero attached hydrogens (tertiary/aromatic N) is 1. The van der Waals surface area contributed by atoms with E-state index in [-0.39, 0.29) is 11.8 Å². The highest BCUT2D eigenvalue weighted by molar-refractivity contribution is 7.98. The van der Waals surface area contributed by atoms with Crippen molar-refractivity contribution in [3.63, 3.8) is 0 Å². The number of carbonyl (C=O) groups excluding carboxylic acids is 2. The molecule has 1 N–H and O–H groups in total. The number of rotatable bonds is 8. The molecule has 0 unspecified atom stereocenters. The first-order valence-electron chi connectivity index (χ1n) is 9.05. The van der Waals surface area contributed by atoms with Crippen LogP contribution >= 0.6 is 11.8 Å². The molecular weight excluding hydrogens is 360 g/mol. The summed E-state index contributed by atoms with van der Waals surface area (Å²) in [5, 5.41) is 2.95. The standard InChI is InChI=1S/C21H24N2O3S/c1-3-26-17-10-8-16(9-11-17)22-20(24)19(12-13-27-2)23-14-15-6-4-5-7-18(15)21(23)25/h4-11,19H,3,12-14H2,1-2H3,(H,22,24)/t19-/m0/s1. The van der Waals surface area contributed by atoms with Gasteiger partial charge >= 0.3 is 0 Å². The zero-order valence-corrected chi connectivity index (χ0v) is 16.4. The number of benzene rings is 2. The lowest BCUT2D eigenvalue weighted by Gasteiger charge is -2.27. The predicted molar refractivity (Wildman–Crippen MR) is 109 cm³/mol. The van der Waals surface area contributed by atoms with Crippen LogP contribution in [-0.2, 0) is 11.3 Å². The SMILES string of the molecule is CCOc1ccc(NC(=O)[C@H](CCSC)N2Cc3ccccc3C2=O)cc1. The van der Waals surface area contributed by atoms with Crippen LogP contribution in [0.3, 0.4) is 0 Å². The summed E-state index contributed by atoms with van der Waals surface area (Å²) in [7, 11) is 0. The van der Waals surface area contributed by atoms with Gasteiger partial charge < -0.3 is 15.0 Å². The van der Waals surface area contributed by atoms with Gasteiger partial charge in [-0.15, -0.1) is 0 Å². The van der Waals surface area contributed by atoms with Gasteiger partial charge in [0.2, 0.25) is 5.91 Å². The van der Waals surface area contributed by atoms with Crippen molar-refractivity contribution in [1.82, 2.24) is 4.90 Å². The van der Waals surface area contributed by atoms with E-state index in [0.29, 0.717) is 30.8 Å². The molecule has 142 valence electrons. The molecule has 0 aliphatic carbocycles. The van der Waals surface area contributed by atoms with Crippen molar-refractivity contribution in [1.29, 1.82) is 0 Å². The summed E-state index contributed by atoms with van der Waals surface area (Å²) in [5.74, 6) is 1.34. The Morgan fingerprint density at radius 2 is 1.96 bits per heavy atom. The lowest BCUT2D eigenvalue weighted by Crippen LogP contribution is -2.44. The fourth-order valence-corrected chi connectivity index (χ4v) is 3.67. The molecule has 0 spiro atoms. The second-order valence-corrected chi connectivity index (χ2v) is 7.32. The van der Waals surface area contributed by atoms with E-state index in [2.05, 4.69) is 5.32 Å². The lowest BCUT2D eigenvalue weighted by molar-refractivity contribution is -0.120. The summed E-state index contributed by atoms with van der Waals surface area (Å²) in [5.41, 5.74) is 2.37. The maximum Gasteiger partial charge on any atom is 0.255 e. The third-order valence-electron chi connectivity index (χ3n) is 4.56. The van der Waals surface area contributed by atoms with Gasteiger partial charge in [-0.05, 0) is 61.2 Å². The number of nitrogens with one attached hydrogen (secondary N) is 1. The molecule has 0 aromatic heterocycles. The van der Waals surface area contributed by atoms with Crippen molar-refractivity contribution in [2.45, 2.75) is 25.9 Å². The molecule has 27 heavy (non-hydrogen) atoms. The van der Waals surface area contributed by atoms with E-state index >= 15 is 0 Å². The molecule has 0 saturated carbocycles. The predicted octanol–water partition coefficient (Wildman–Crippen LogP) is 3.80. The van der Waals surface area contributed by atoms with E-state index in [0.717, 1.165) is 17.1 Å². The summed E-state index contributed by atoms with van der Waals surface area (Å²) in [4.78, 5) is 27.4. The van der Waals surface area contributed by atoms with Crippen LogP contribution in [0.2, 0.25) is 0 Å². The number of fused-ring (bicyclic) bond motifs is 1. The van der Waals surface area contributed by atoms with Crippen LogP contribution in [-0.4, -0.2) is 41.4 Å². The van der Waals surface area contributed by atoms with Gasteiger partial charge in [-0.3, -0.25) is 9.59 Å². The first kappa shape index (κ1) is 19.3. The van der Waals surface area contributed by atoms with Crippen molar-refractivity contribution in [2.24, 2.45) is 0 Å². The van der Waals surface area contributed by atoms with E-state index in [9.17, 15) is 9.59 Å². The zero-order valence-electron chi connectivity index (χ0n) is 15.6. The Balaban J connectivity index is 1.74. The van der Waals surface area contributed by atoms with Crippen LogP contribution in [0.5, 0.6) is 5.75 Å². The summed E-state index contributed by atoms with van der Waals surface area (Å²) in [6.07, 6.45) is 2.62. The van der Waals surface area contributed by atoms with Crippen LogP contribution in [0.25, 0.3) is 0 Å². The number of carbonyl (C=O) groups is 2. The first-order chi connectivity index (χ1) is 13.1. The Hall–Kier alpha value is -2.47. The van der Waals surface area contributed by atoms with E-state index < -0.39 is 6.04 Å². The Labute approximate surface area is 164 Å². The molecule has 6 heteroatoms. The highest BCUT2D eigenvalue weighted by atomic mass is 32.2. The van der Waals surface area contributed by atoms with Crippen LogP contribution in [0, 0.1) is 0 Å². The highest BCUT2D eigenvalue weighted by Gasteiger charge is 2.35. The summed E-state index contributed by atoms with van der Waals surface area (Å²) < 4.78 is 5.43. The van der Waals surface area contributed by atoms with Gasteiger partial charge in [0, 0.05) is 17.8 Å². The smallest absolute Gasteiger partial charge is 0.255 e. The summed E-state index contributed by atoms with van der Waals surface area (Å²) in [6, 6.07) is 14.3. The molecule has 2 aromatic rings. The summed E-state index contributed by atoms with van der Waals surface area (Å²) in [6.45, 7) is 3.00. The Kier molecular flexibility index (Phi) is 6.40. The molecule has 1 heterocycles. The van der Waals surface area contributed by atoms with Crippen molar-refractivity contribution in [2.75, 3.05) is 23.9 Å². The second kappa shape index (κ2) is 8.95. The molecule has 2 amide bonds. The minimum atomic E-state index is -0.496. The topological polar surface area (TPSA) is 58.6 Å². The van der Waals surface area contributed by atoms with Crippen molar-refractivity contribution >= 4 is 29.3 Å². The molecule has 1 aliphatic rings. The van der Waals surface area contributed by atoms with Crippen molar-refractivity contribution in [3.8, 4) is 5.75 Å². The zero-order chi connectivity index (χ0) is 19.2. The van der Waals surface area contributed by atoms with E-state index in [1.54, 1.807) is 16.7 Å². The molecule has 5 nitrogen and oxygen atoms in total. The number of hydrogen-bond donors (Lipinski definition) is 1. The van der Waals surface area contributed by atoms with Crippen LogP contribution in [0.15, 0.2) is 48.5 Å². The van der Waals surface area contributed by atoms with Crippen molar-refractivity contribution in [3.05, 3.63) is 59.7 Å². The third kappa shape index (κ3) is 4.45. The lowest BCUT2D eigenvalue weighted by atomic mass is 10.1. The third-order valence-corrected chi connectivity index (χ3v) is 5.20. The highest BCUT2D eigenvalue weighted by Crippen LogP contribution is 2.27. The largest absolute Gasteiger partial charge is 0.494 e. The fraction of sp³-hybridized carbons (Fsp3) is 0.333. The molecule has 1 atom stereocenters. The molecule has 0 fully saturated rings. The molecule has 2 aromatic carbocycles. The molecule has 1 aliphatic heterocycles. The van der Waals surface area contributed by atoms with Crippen molar-refractivity contribution < 1.29 is 14.3 Å². The minimum Gasteiger partial charge on any atom is -0.494 e. The first-order valence-corrected chi connectivity index (χ1v) is 10.4. The maximum absolute atomic E-state index is 13.0. The average molecular weight is 385 g/mol. The summed E-state index contributed by atoms with van der Waals surface area (Å²) >= 11 is 1.67. The fourth-order valence-electron chi connectivity index (χ4n) is 3.21. The Bertz CT molecular complexity index is 807. The van der Waals surface area contributed by atoms with Crippen LogP contribution in [0.1, 0.15) is 29.3 Å². The minimum absolute atomic E-state index is 0.0708. The number of amides is 2. The van der Waals surface area contributed by atoms with Gasteiger partial charge in [0.05, 0.1) is 6.61 Å². The quantitative estimate of drug-likeness (QED) is 0.752. The molecule has 3 rings (SSSR count). The van der Waals surface area contributed by atoms with Gasteiger partial charge in [0.1, 0.15) is 11.8 Å². The Morgan fingerprint density at radius 3 is 2.63 bits per heavy atom. The number of hydrogen-bond acceptors (Lipinski definition) is 4. The molecular formula is C21H24N2O3S. The van der Waals surface area contributed by atoms with E-state index in [4.69, 9.17) is 4.74 Å². The Morgan fingerprint density at radius 1 is 1.22 bits per heavy atom. The number of thioether (sulfide) groups is 1.